The van der Waals surface area contributed by atoms with Crippen LogP contribution in [0, 0.1) is 6.92 Å². The van der Waals surface area contributed by atoms with Crippen LogP contribution < -0.4 is 20.7 Å². The molecule has 1 unspecified atom stereocenters. The van der Waals surface area contributed by atoms with Crippen molar-refractivity contribution < 1.29 is 14.3 Å². The third-order valence-electron chi connectivity index (χ3n) is 5.07. The van der Waals surface area contributed by atoms with Gasteiger partial charge < -0.3 is 25.4 Å². The summed E-state index contributed by atoms with van der Waals surface area (Å²) < 4.78 is 11.3. The van der Waals surface area contributed by atoms with E-state index in [-0.39, 0.29) is 36.0 Å². The van der Waals surface area contributed by atoms with Crippen LogP contribution >= 0.6 is 24.0 Å². The summed E-state index contributed by atoms with van der Waals surface area (Å²) in [7, 11) is 1.73. The SMILES string of the molecule is CN=C(NCCOc1ccc(C)cc1)NCc1cccc(C(=O)NCC2CCCO2)c1.I. The number of rotatable bonds is 9. The van der Waals surface area contributed by atoms with Crippen LogP contribution in [0.25, 0.3) is 0 Å². The predicted octanol–water partition coefficient (Wildman–Crippen LogP) is 3.27. The molecule has 0 bridgehead atoms. The highest BCUT2D eigenvalue weighted by atomic mass is 127. The van der Waals surface area contributed by atoms with Crippen molar-refractivity contribution in [1.29, 1.82) is 0 Å². The number of hydrogen-bond donors (Lipinski definition) is 3. The Morgan fingerprint density at radius 2 is 1.97 bits per heavy atom. The first kappa shape index (κ1) is 25.9. The Bertz CT molecular complexity index is 868. The molecular formula is C24H33IN4O3. The van der Waals surface area contributed by atoms with Gasteiger partial charge in [-0.3, -0.25) is 9.79 Å². The molecule has 1 amide bonds. The first-order valence-electron chi connectivity index (χ1n) is 10.8. The zero-order valence-electron chi connectivity index (χ0n) is 18.7. The van der Waals surface area contributed by atoms with Crippen molar-refractivity contribution in [3.8, 4) is 5.75 Å². The quantitative estimate of drug-likeness (QED) is 0.193. The van der Waals surface area contributed by atoms with E-state index >= 15 is 0 Å². The van der Waals surface area contributed by atoms with Crippen molar-refractivity contribution in [3.63, 3.8) is 0 Å². The summed E-state index contributed by atoms with van der Waals surface area (Å²) in [6, 6.07) is 15.6. The van der Waals surface area contributed by atoms with Gasteiger partial charge in [0.25, 0.3) is 5.91 Å². The number of hydrogen-bond acceptors (Lipinski definition) is 4. The van der Waals surface area contributed by atoms with E-state index in [0.29, 0.717) is 37.8 Å². The molecule has 0 radical (unpaired) electrons. The third kappa shape index (κ3) is 8.66. The zero-order chi connectivity index (χ0) is 21.9. The van der Waals surface area contributed by atoms with E-state index in [1.54, 1.807) is 7.05 Å². The molecule has 32 heavy (non-hydrogen) atoms. The smallest absolute Gasteiger partial charge is 0.251 e. The van der Waals surface area contributed by atoms with Crippen molar-refractivity contribution in [3.05, 3.63) is 65.2 Å². The minimum atomic E-state index is -0.0758. The molecule has 0 saturated carbocycles. The molecule has 8 heteroatoms. The second-order valence-corrected chi connectivity index (χ2v) is 7.56. The number of nitrogens with one attached hydrogen (secondary N) is 3. The maximum Gasteiger partial charge on any atom is 0.251 e. The van der Waals surface area contributed by atoms with Gasteiger partial charge in [0.15, 0.2) is 5.96 Å². The molecule has 0 aromatic heterocycles. The Morgan fingerprint density at radius 1 is 1.16 bits per heavy atom. The lowest BCUT2D eigenvalue weighted by Crippen LogP contribution is -2.39. The zero-order valence-corrected chi connectivity index (χ0v) is 21.1. The molecule has 0 spiro atoms. The van der Waals surface area contributed by atoms with E-state index in [1.807, 2.05) is 48.5 Å². The third-order valence-corrected chi connectivity index (χ3v) is 5.07. The Balaban J connectivity index is 0.00000363. The molecule has 2 aromatic rings. The maximum atomic E-state index is 12.4. The Labute approximate surface area is 207 Å². The highest BCUT2D eigenvalue weighted by Gasteiger charge is 2.16. The molecule has 3 N–H and O–H groups in total. The lowest BCUT2D eigenvalue weighted by Gasteiger charge is -2.14. The number of halogens is 1. The number of nitrogens with zero attached hydrogens (tertiary/aromatic N) is 1. The van der Waals surface area contributed by atoms with Crippen molar-refractivity contribution in [2.45, 2.75) is 32.4 Å². The van der Waals surface area contributed by atoms with E-state index in [9.17, 15) is 4.79 Å². The summed E-state index contributed by atoms with van der Waals surface area (Å²) in [6.07, 6.45) is 2.21. The first-order chi connectivity index (χ1) is 15.1. The molecule has 1 aliphatic rings. The maximum absolute atomic E-state index is 12.4. The fourth-order valence-corrected chi connectivity index (χ4v) is 3.32. The Kier molecular flexibility index (Phi) is 11.3. The lowest BCUT2D eigenvalue weighted by atomic mass is 10.1. The van der Waals surface area contributed by atoms with Gasteiger partial charge in [0.2, 0.25) is 0 Å². The Morgan fingerprint density at radius 3 is 2.69 bits per heavy atom. The number of ether oxygens (including phenoxy) is 2. The van der Waals surface area contributed by atoms with Gasteiger partial charge in [0.1, 0.15) is 12.4 Å². The molecule has 1 saturated heterocycles. The summed E-state index contributed by atoms with van der Waals surface area (Å²) in [5.74, 6) is 1.46. The van der Waals surface area contributed by atoms with E-state index in [0.717, 1.165) is 30.8 Å². The molecule has 0 aliphatic carbocycles. The van der Waals surface area contributed by atoms with Crippen molar-refractivity contribution in [2.24, 2.45) is 4.99 Å². The molecule has 174 valence electrons. The fraction of sp³-hybridized carbons (Fsp3) is 0.417. The van der Waals surface area contributed by atoms with Gasteiger partial charge in [0, 0.05) is 32.3 Å². The van der Waals surface area contributed by atoms with Gasteiger partial charge in [-0.1, -0.05) is 29.8 Å². The lowest BCUT2D eigenvalue weighted by molar-refractivity contribution is 0.0857. The van der Waals surface area contributed by atoms with Crippen molar-refractivity contribution in [2.75, 3.05) is 33.4 Å². The second kappa shape index (κ2) is 13.9. The molecule has 3 rings (SSSR count). The van der Waals surface area contributed by atoms with Crippen LogP contribution in [0.4, 0.5) is 0 Å². The van der Waals surface area contributed by atoms with E-state index < -0.39 is 0 Å². The van der Waals surface area contributed by atoms with Gasteiger partial charge in [0.05, 0.1) is 12.6 Å². The largest absolute Gasteiger partial charge is 0.492 e. The molecule has 1 aliphatic heterocycles. The average molecular weight is 552 g/mol. The van der Waals surface area contributed by atoms with Crippen LogP contribution in [0.1, 0.15) is 34.3 Å². The van der Waals surface area contributed by atoms with Gasteiger partial charge >= 0.3 is 0 Å². The summed E-state index contributed by atoms with van der Waals surface area (Å²) in [4.78, 5) is 16.7. The fourth-order valence-electron chi connectivity index (χ4n) is 3.32. The van der Waals surface area contributed by atoms with Crippen molar-refractivity contribution in [1.82, 2.24) is 16.0 Å². The number of guanidine groups is 1. The van der Waals surface area contributed by atoms with E-state index in [4.69, 9.17) is 9.47 Å². The van der Waals surface area contributed by atoms with Crippen LogP contribution in [0.3, 0.4) is 0 Å². The highest BCUT2D eigenvalue weighted by Crippen LogP contribution is 2.12. The second-order valence-electron chi connectivity index (χ2n) is 7.56. The molecule has 2 aromatic carbocycles. The summed E-state index contributed by atoms with van der Waals surface area (Å²) in [6.45, 7) is 5.11. The molecule has 1 heterocycles. The summed E-state index contributed by atoms with van der Waals surface area (Å²) in [5, 5.41) is 9.46. The summed E-state index contributed by atoms with van der Waals surface area (Å²) >= 11 is 0. The Hall–Kier alpha value is -2.33. The number of aryl methyl sites for hydroxylation is 1. The topological polar surface area (TPSA) is 84.0 Å². The van der Waals surface area contributed by atoms with Crippen LogP contribution in [0.15, 0.2) is 53.5 Å². The number of carbonyl (C=O) groups is 1. The van der Waals surface area contributed by atoms with E-state index in [2.05, 4.69) is 27.9 Å². The summed E-state index contributed by atoms with van der Waals surface area (Å²) in [5.41, 5.74) is 2.86. The molecule has 1 fully saturated rings. The van der Waals surface area contributed by atoms with Crippen LogP contribution in [0.2, 0.25) is 0 Å². The predicted molar refractivity (Wildman–Crippen MR) is 138 cm³/mol. The number of aliphatic imine (C=N–C) groups is 1. The van der Waals surface area contributed by atoms with E-state index in [1.165, 1.54) is 5.56 Å². The highest BCUT2D eigenvalue weighted by molar-refractivity contribution is 14.0. The van der Waals surface area contributed by atoms with Crippen LogP contribution in [0.5, 0.6) is 5.75 Å². The molecule has 1 atom stereocenters. The van der Waals surface area contributed by atoms with Crippen molar-refractivity contribution >= 4 is 35.8 Å². The minimum Gasteiger partial charge on any atom is -0.492 e. The average Bonchev–Trinajstić information content (AvgIpc) is 3.32. The van der Waals surface area contributed by atoms with Gasteiger partial charge in [-0.15, -0.1) is 24.0 Å². The minimum absolute atomic E-state index is 0. The first-order valence-corrected chi connectivity index (χ1v) is 10.8. The van der Waals surface area contributed by atoms with Gasteiger partial charge in [-0.2, -0.15) is 0 Å². The van der Waals surface area contributed by atoms with Crippen LogP contribution in [-0.4, -0.2) is 51.3 Å². The number of amides is 1. The number of benzene rings is 2. The molecule has 7 nitrogen and oxygen atoms in total. The van der Waals surface area contributed by atoms with Gasteiger partial charge in [-0.25, -0.2) is 0 Å². The number of carbonyl (C=O) groups excluding carboxylic acids is 1. The monoisotopic (exact) mass is 552 g/mol. The molecular weight excluding hydrogens is 519 g/mol. The normalized spacial score (nSPS) is 15.6. The van der Waals surface area contributed by atoms with Crippen LogP contribution in [-0.2, 0) is 11.3 Å². The van der Waals surface area contributed by atoms with Gasteiger partial charge in [-0.05, 0) is 49.6 Å². The standard InChI is InChI=1S/C24H32N4O3.HI/c1-18-8-10-21(11-9-18)31-14-12-26-24(25-2)28-16-19-5-3-6-20(15-19)23(29)27-17-22-7-4-13-30-22;/h3,5-6,8-11,15,22H,4,7,12-14,16-17H2,1-2H3,(H,27,29)(H2,25,26,28);1H.